The molecule has 1 unspecified atom stereocenters. The van der Waals surface area contributed by atoms with Crippen LogP contribution in [0.4, 0.5) is 5.82 Å². The molecule has 0 aliphatic heterocycles. The Morgan fingerprint density at radius 3 is 2.70 bits per heavy atom. The molecule has 0 radical (unpaired) electrons. The molecule has 0 aliphatic carbocycles. The van der Waals surface area contributed by atoms with E-state index < -0.39 is 22.2 Å². The molecule has 9 nitrogen and oxygen atoms in total. The lowest BCUT2D eigenvalue weighted by atomic mass is 9.88. The Balaban J connectivity index is 2.55. The number of nitrogens with one attached hydrogen (secondary N) is 1. The zero-order valence-electron chi connectivity index (χ0n) is 11.2. The van der Waals surface area contributed by atoms with Crippen LogP contribution in [0.15, 0.2) is 12.3 Å². The third kappa shape index (κ3) is 3.77. The van der Waals surface area contributed by atoms with E-state index in [1.54, 1.807) is 6.92 Å². The van der Waals surface area contributed by atoms with Crippen molar-refractivity contribution >= 4 is 17.7 Å². The molecule has 9 heteroatoms. The average molecular weight is 284 g/mol. The predicted molar refractivity (Wildman–Crippen MR) is 67.9 cm³/mol. The number of hydrogen-bond donors (Lipinski definition) is 2. The van der Waals surface area contributed by atoms with Crippen molar-refractivity contribution in [3.63, 3.8) is 0 Å². The number of carboxylic acids is 1. The molecular weight excluding hydrogens is 268 g/mol. The fraction of sp³-hybridized carbons (Fsp3) is 0.545. The van der Waals surface area contributed by atoms with Crippen LogP contribution in [0.25, 0.3) is 0 Å². The highest BCUT2D eigenvalue weighted by Gasteiger charge is 2.31. The fourth-order valence-electron chi connectivity index (χ4n) is 1.38. The quantitative estimate of drug-likeness (QED) is 0.551. The van der Waals surface area contributed by atoms with Crippen LogP contribution in [0.3, 0.4) is 0 Å². The van der Waals surface area contributed by atoms with Gasteiger partial charge in [-0.3, -0.25) is 9.59 Å². The van der Waals surface area contributed by atoms with E-state index in [1.165, 1.54) is 19.2 Å². The molecule has 1 aromatic heterocycles. The van der Waals surface area contributed by atoms with Crippen molar-refractivity contribution in [3.05, 3.63) is 22.4 Å². The van der Waals surface area contributed by atoms with Crippen molar-refractivity contribution in [3.8, 4) is 0 Å². The van der Waals surface area contributed by atoms with E-state index in [9.17, 15) is 19.7 Å². The first-order valence-corrected chi connectivity index (χ1v) is 5.96. The minimum Gasteiger partial charge on any atom is -0.481 e. The maximum absolute atomic E-state index is 11.6. The topological polar surface area (TPSA) is 127 Å². The summed E-state index contributed by atoms with van der Waals surface area (Å²) in [6, 6.07) is 1.18. The SMILES string of the molecule is CCC(C)(CNC(=O)Cn1ccc([N+](=O)[O-])n1)C(=O)O. The van der Waals surface area contributed by atoms with E-state index in [1.807, 2.05) is 0 Å². The molecule has 2 N–H and O–H groups in total. The molecule has 1 amide bonds. The largest absolute Gasteiger partial charge is 0.481 e. The van der Waals surface area contributed by atoms with Crippen LogP contribution in [0.1, 0.15) is 20.3 Å². The van der Waals surface area contributed by atoms with Crippen molar-refractivity contribution in [1.29, 1.82) is 0 Å². The number of nitro groups is 1. The maximum Gasteiger partial charge on any atom is 0.389 e. The second-order valence-electron chi connectivity index (χ2n) is 4.62. The van der Waals surface area contributed by atoms with E-state index in [0.717, 1.165) is 4.68 Å². The zero-order valence-corrected chi connectivity index (χ0v) is 11.2. The molecule has 1 atom stereocenters. The minimum absolute atomic E-state index is 0.0129. The number of carbonyl (C=O) groups is 2. The van der Waals surface area contributed by atoms with Crippen LogP contribution in [0.2, 0.25) is 0 Å². The van der Waals surface area contributed by atoms with Gasteiger partial charge in [-0.15, -0.1) is 0 Å². The van der Waals surface area contributed by atoms with Gasteiger partial charge in [0.2, 0.25) is 5.91 Å². The number of aliphatic carboxylic acids is 1. The zero-order chi connectivity index (χ0) is 15.3. The average Bonchev–Trinajstić information content (AvgIpc) is 2.84. The summed E-state index contributed by atoms with van der Waals surface area (Å²) in [5.41, 5.74) is -1.04. The van der Waals surface area contributed by atoms with E-state index in [0.29, 0.717) is 6.42 Å². The van der Waals surface area contributed by atoms with Crippen molar-refractivity contribution in [1.82, 2.24) is 15.1 Å². The lowest BCUT2D eigenvalue weighted by Gasteiger charge is -2.22. The third-order valence-electron chi connectivity index (χ3n) is 3.09. The van der Waals surface area contributed by atoms with Crippen molar-refractivity contribution in [2.75, 3.05) is 6.54 Å². The van der Waals surface area contributed by atoms with Gasteiger partial charge in [-0.05, 0) is 18.3 Å². The number of hydrogen-bond acceptors (Lipinski definition) is 5. The van der Waals surface area contributed by atoms with Crippen LogP contribution < -0.4 is 5.32 Å². The number of aromatic nitrogens is 2. The van der Waals surface area contributed by atoms with Gasteiger partial charge in [0.05, 0.1) is 22.8 Å². The summed E-state index contributed by atoms with van der Waals surface area (Å²) in [4.78, 5) is 32.5. The van der Waals surface area contributed by atoms with Gasteiger partial charge in [0.15, 0.2) is 0 Å². The lowest BCUT2D eigenvalue weighted by Crippen LogP contribution is -2.41. The molecule has 0 saturated heterocycles. The summed E-state index contributed by atoms with van der Waals surface area (Å²) in [5.74, 6) is -1.79. The van der Waals surface area contributed by atoms with Gasteiger partial charge in [-0.1, -0.05) is 6.92 Å². The van der Waals surface area contributed by atoms with Gasteiger partial charge in [-0.25, -0.2) is 0 Å². The van der Waals surface area contributed by atoms with Gasteiger partial charge < -0.3 is 20.5 Å². The Bertz CT molecular complexity index is 527. The Hall–Kier alpha value is -2.45. The molecule has 0 saturated carbocycles. The third-order valence-corrected chi connectivity index (χ3v) is 3.09. The standard InChI is InChI=1S/C11H16N4O5/c1-3-11(2,10(17)18)7-12-9(16)6-14-5-4-8(13-14)15(19)20/h4-5H,3,6-7H2,1-2H3,(H,12,16)(H,17,18). The van der Waals surface area contributed by atoms with E-state index >= 15 is 0 Å². The molecule has 1 aromatic rings. The van der Waals surface area contributed by atoms with Crippen LogP contribution >= 0.6 is 0 Å². The molecule has 0 aliphatic rings. The molecule has 0 bridgehead atoms. The van der Waals surface area contributed by atoms with Crippen molar-refractivity contribution in [2.24, 2.45) is 5.41 Å². The molecular formula is C11H16N4O5. The van der Waals surface area contributed by atoms with E-state index in [2.05, 4.69) is 10.4 Å². The summed E-state index contributed by atoms with van der Waals surface area (Å²) >= 11 is 0. The number of amides is 1. The first-order chi connectivity index (χ1) is 9.28. The highest BCUT2D eigenvalue weighted by Crippen LogP contribution is 2.19. The van der Waals surface area contributed by atoms with Crippen LogP contribution in [-0.2, 0) is 16.1 Å². The molecule has 110 valence electrons. The normalized spacial score (nSPS) is 13.5. The highest BCUT2D eigenvalue weighted by molar-refractivity contribution is 5.78. The molecule has 1 rings (SSSR count). The van der Waals surface area contributed by atoms with Gasteiger partial charge in [0.1, 0.15) is 6.54 Å². The van der Waals surface area contributed by atoms with E-state index in [-0.39, 0.29) is 18.9 Å². The smallest absolute Gasteiger partial charge is 0.389 e. The molecule has 0 fully saturated rings. The highest BCUT2D eigenvalue weighted by atomic mass is 16.6. The van der Waals surface area contributed by atoms with Gasteiger partial charge in [0.25, 0.3) is 0 Å². The first kappa shape index (κ1) is 15.6. The van der Waals surface area contributed by atoms with Gasteiger partial charge in [-0.2, -0.15) is 4.68 Å². The maximum atomic E-state index is 11.6. The first-order valence-electron chi connectivity index (χ1n) is 5.96. The number of carbonyl (C=O) groups excluding carboxylic acids is 1. The summed E-state index contributed by atoms with van der Waals surface area (Å²) in [5, 5.41) is 25.6. The molecule has 20 heavy (non-hydrogen) atoms. The van der Waals surface area contributed by atoms with Gasteiger partial charge in [0, 0.05) is 6.54 Å². The van der Waals surface area contributed by atoms with Crippen LogP contribution in [-0.4, -0.2) is 38.2 Å². The summed E-state index contributed by atoms with van der Waals surface area (Å²) in [6.45, 7) is 3.04. The molecule has 0 spiro atoms. The second-order valence-corrected chi connectivity index (χ2v) is 4.62. The monoisotopic (exact) mass is 284 g/mol. The molecule has 0 aromatic carbocycles. The van der Waals surface area contributed by atoms with Crippen LogP contribution in [0.5, 0.6) is 0 Å². The number of nitrogens with zero attached hydrogens (tertiary/aromatic N) is 3. The van der Waals surface area contributed by atoms with E-state index in [4.69, 9.17) is 5.11 Å². The summed E-state index contributed by atoms with van der Waals surface area (Å²) in [7, 11) is 0. The Morgan fingerprint density at radius 1 is 1.60 bits per heavy atom. The number of rotatable bonds is 7. The Morgan fingerprint density at radius 2 is 2.25 bits per heavy atom. The minimum atomic E-state index is -1.04. The Labute approximate surface area is 114 Å². The second kappa shape index (κ2) is 6.13. The molecule has 1 heterocycles. The summed E-state index contributed by atoms with van der Waals surface area (Å²) < 4.78 is 1.12. The van der Waals surface area contributed by atoms with Crippen molar-refractivity contribution in [2.45, 2.75) is 26.8 Å². The summed E-state index contributed by atoms with van der Waals surface area (Å²) in [6.07, 6.45) is 1.68. The lowest BCUT2D eigenvalue weighted by molar-refractivity contribution is -0.389. The predicted octanol–water partition coefficient (Wildman–Crippen LogP) is 0.408. The Kier molecular flexibility index (Phi) is 4.78. The van der Waals surface area contributed by atoms with Crippen molar-refractivity contribution < 1.29 is 19.6 Å². The fourth-order valence-corrected chi connectivity index (χ4v) is 1.38. The van der Waals surface area contributed by atoms with Crippen LogP contribution in [0, 0.1) is 15.5 Å². The van der Waals surface area contributed by atoms with Gasteiger partial charge >= 0.3 is 11.8 Å². The number of carboxylic acid groups (broad SMARTS) is 1.